The molecule has 0 N–H and O–H groups in total. The van der Waals surface area contributed by atoms with Crippen LogP contribution >= 0.6 is 0 Å². The van der Waals surface area contributed by atoms with Crippen molar-refractivity contribution in [2.75, 3.05) is 50.9 Å². The zero-order valence-corrected chi connectivity index (χ0v) is 21.8. The van der Waals surface area contributed by atoms with Gasteiger partial charge in [0.25, 0.3) is 5.91 Å². The van der Waals surface area contributed by atoms with E-state index in [1.54, 1.807) is 0 Å². The first kappa shape index (κ1) is 24.6. The van der Waals surface area contributed by atoms with Crippen molar-refractivity contribution in [3.8, 4) is 11.4 Å². The van der Waals surface area contributed by atoms with Crippen LogP contribution in [0.1, 0.15) is 56.7 Å². The average molecular weight is 493 g/mol. The van der Waals surface area contributed by atoms with Crippen LogP contribution in [0.15, 0.2) is 24.3 Å². The molecule has 0 bridgehead atoms. The maximum Gasteiger partial charge on any atom is 0.253 e. The van der Waals surface area contributed by atoms with Crippen LogP contribution < -0.4 is 4.90 Å². The van der Waals surface area contributed by atoms with Crippen molar-refractivity contribution in [2.24, 2.45) is 0 Å². The standard InChI is InChI=1S/C27H36N6O3/c1-5-11-32(12-6-2)25(34)20-9-7-19(8-10-20)22-29-23(31-13-16-35-17-14-31)21-24(30-22)33-15-18-36-27(3,4)26(33)28-21/h7-10H,5-6,11-18H2,1-4H3. The van der Waals surface area contributed by atoms with Gasteiger partial charge in [-0.1, -0.05) is 26.0 Å². The normalized spacial score (nSPS) is 17.3. The fourth-order valence-corrected chi connectivity index (χ4v) is 5.04. The summed E-state index contributed by atoms with van der Waals surface area (Å²) in [5, 5.41) is 0. The Hall–Kier alpha value is -3.04. The molecule has 1 aromatic carbocycles. The molecule has 0 radical (unpaired) electrons. The lowest BCUT2D eigenvalue weighted by Crippen LogP contribution is -2.37. The summed E-state index contributed by atoms with van der Waals surface area (Å²) in [4.78, 5) is 32.2. The Bertz CT molecular complexity index is 1220. The van der Waals surface area contributed by atoms with E-state index in [0.29, 0.717) is 37.8 Å². The Balaban J connectivity index is 1.56. The number of anilines is 1. The number of hydrogen-bond acceptors (Lipinski definition) is 7. The Kier molecular flexibility index (Phi) is 6.94. The van der Waals surface area contributed by atoms with E-state index in [9.17, 15) is 4.79 Å². The number of carbonyl (C=O) groups is 1. The van der Waals surface area contributed by atoms with Gasteiger partial charge in [-0.25, -0.2) is 15.0 Å². The lowest BCUT2D eigenvalue weighted by molar-refractivity contribution is -0.0530. The third-order valence-electron chi connectivity index (χ3n) is 6.87. The maximum absolute atomic E-state index is 13.0. The molecule has 2 aliphatic rings. The van der Waals surface area contributed by atoms with Crippen molar-refractivity contribution in [2.45, 2.75) is 52.7 Å². The molecule has 1 amide bonds. The first-order chi connectivity index (χ1) is 17.4. The molecule has 2 aromatic heterocycles. The Morgan fingerprint density at radius 2 is 1.67 bits per heavy atom. The SMILES string of the molecule is CCCN(CCC)C(=O)c1ccc(-c2nc(N3CCOCC3)c3nc4n(c3n2)CCOC4(C)C)cc1. The number of carbonyl (C=O) groups excluding carboxylic acids is 1. The third kappa shape index (κ3) is 4.57. The van der Waals surface area contributed by atoms with Gasteiger partial charge in [0.15, 0.2) is 22.8 Å². The average Bonchev–Trinajstić information content (AvgIpc) is 3.28. The number of benzene rings is 1. The van der Waals surface area contributed by atoms with Crippen molar-refractivity contribution in [3.05, 3.63) is 35.7 Å². The van der Waals surface area contributed by atoms with E-state index in [1.807, 2.05) is 43.0 Å². The van der Waals surface area contributed by atoms with Crippen LogP contribution in [0.4, 0.5) is 5.82 Å². The molecule has 2 aliphatic heterocycles. The fourth-order valence-electron chi connectivity index (χ4n) is 5.04. The highest BCUT2D eigenvalue weighted by atomic mass is 16.5. The van der Waals surface area contributed by atoms with Crippen LogP contribution in [-0.2, 0) is 21.6 Å². The minimum absolute atomic E-state index is 0.0720. The number of nitrogens with zero attached hydrogens (tertiary/aromatic N) is 6. The van der Waals surface area contributed by atoms with E-state index in [2.05, 4.69) is 23.3 Å². The molecule has 0 atom stereocenters. The number of amides is 1. The van der Waals surface area contributed by atoms with Crippen molar-refractivity contribution >= 4 is 22.9 Å². The van der Waals surface area contributed by atoms with Crippen LogP contribution in [0.3, 0.4) is 0 Å². The first-order valence-electron chi connectivity index (χ1n) is 13.1. The van der Waals surface area contributed by atoms with E-state index in [4.69, 9.17) is 24.4 Å². The van der Waals surface area contributed by atoms with E-state index in [0.717, 1.165) is 67.4 Å². The van der Waals surface area contributed by atoms with Gasteiger partial charge < -0.3 is 23.8 Å². The quantitative estimate of drug-likeness (QED) is 0.495. The molecule has 36 heavy (non-hydrogen) atoms. The zero-order chi connectivity index (χ0) is 25.3. The minimum Gasteiger partial charge on any atom is -0.378 e. The second-order valence-corrected chi connectivity index (χ2v) is 9.96. The number of aromatic nitrogens is 4. The van der Waals surface area contributed by atoms with Crippen LogP contribution in [0, 0.1) is 0 Å². The lowest BCUT2D eigenvalue weighted by atomic mass is 10.1. The molecule has 9 nitrogen and oxygen atoms in total. The van der Waals surface area contributed by atoms with E-state index in [-0.39, 0.29) is 5.91 Å². The molecule has 192 valence electrons. The van der Waals surface area contributed by atoms with Crippen molar-refractivity contribution in [1.82, 2.24) is 24.4 Å². The highest BCUT2D eigenvalue weighted by molar-refractivity contribution is 5.94. The molecule has 0 spiro atoms. The third-order valence-corrected chi connectivity index (χ3v) is 6.87. The van der Waals surface area contributed by atoms with Gasteiger partial charge in [-0.3, -0.25) is 4.79 Å². The number of ether oxygens (including phenoxy) is 2. The second-order valence-electron chi connectivity index (χ2n) is 9.96. The van der Waals surface area contributed by atoms with E-state index in [1.165, 1.54) is 0 Å². The number of hydrogen-bond donors (Lipinski definition) is 0. The van der Waals surface area contributed by atoms with Crippen molar-refractivity contribution in [3.63, 3.8) is 0 Å². The van der Waals surface area contributed by atoms with Crippen molar-refractivity contribution < 1.29 is 14.3 Å². The van der Waals surface area contributed by atoms with E-state index >= 15 is 0 Å². The molecular formula is C27H36N6O3. The van der Waals surface area contributed by atoms with Crippen LogP contribution in [-0.4, -0.2) is 76.3 Å². The lowest BCUT2D eigenvalue weighted by Gasteiger charge is -2.30. The Morgan fingerprint density at radius 3 is 2.33 bits per heavy atom. The smallest absolute Gasteiger partial charge is 0.253 e. The number of morpholine rings is 1. The first-order valence-corrected chi connectivity index (χ1v) is 13.1. The van der Waals surface area contributed by atoms with Gasteiger partial charge in [-0.15, -0.1) is 0 Å². The van der Waals surface area contributed by atoms with Gasteiger partial charge in [0.05, 0.1) is 19.8 Å². The molecule has 9 heteroatoms. The van der Waals surface area contributed by atoms with Crippen LogP contribution in [0.5, 0.6) is 0 Å². The predicted octanol–water partition coefficient (Wildman–Crippen LogP) is 3.86. The molecule has 0 aliphatic carbocycles. The molecule has 4 heterocycles. The Labute approximate surface area is 212 Å². The summed E-state index contributed by atoms with van der Waals surface area (Å²) < 4.78 is 13.8. The summed E-state index contributed by atoms with van der Waals surface area (Å²) in [5.74, 6) is 2.41. The van der Waals surface area contributed by atoms with Gasteiger partial charge in [-0.05, 0) is 38.8 Å². The molecule has 1 fully saturated rings. The second kappa shape index (κ2) is 10.1. The predicted molar refractivity (Wildman–Crippen MR) is 139 cm³/mol. The monoisotopic (exact) mass is 492 g/mol. The highest BCUT2D eigenvalue weighted by Crippen LogP contribution is 2.35. The summed E-state index contributed by atoms with van der Waals surface area (Å²) in [6.45, 7) is 14.0. The summed E-state index contributed by atoms with van der Waals surface area (Å²) >= 11 is 0. The molecule has 5 rings (SSSR count). The van der Waals surface area contributed by atoms with Gasteiger partial charge in [-0.2, -0.15) is 0 Å². The zero-order valence-electron chi connectivity index (χ0n) is 21.8. The minimum atomic E-state index is -0.494. The molecule has 0 unspecified atom stereocenters. The van der Waals surface area contributed by atoms with Crippen LogP contribution in [0.25, 0.3) is 22.6 Å². The molecule has 3 aromatic rings. The number of imidazole rings is 1. The van der Waals surface area contributed by atoms with Gasteiger partial charge in [0.2, 0.25) is 0 Å². The Morgan fingerprint density at radius 1 is 0.972 bits per heavy atom. The topological polar surface area (TPSA) is 85.6 Å². The summed E-state index contributed by atoms with van der Waals surface area (Å²) in [6, 6.07) is 7.68. The highest BCUT2D eigenvalue weighted by Gasteiger charge is 2.34. The summed E-state index contributed by atoms with van der Waals surface area (Å²) in [7, 11) is 0. The summed E-state index contributed by atoms with van der Waals surface area (Å²) in [5.41, 5.74) is 2.70. The summed E-state index contributed by atoms with van der Waals surface area (Å²) in [6.07, 6.45) is 1.89. The largest absolute Gasteiger partial charge is 0.378 e. The molecule has 0 saturated carbocycles. The van der Waals surface area contributed by atoms with E-state index < -0.39 is 5.60 Å². The molecular weight excluding hydrogens is 456 g/mol. The fraction of sp³-hybridized carbons (Fsp3) is 0.556. The number of rotatable bonds is 7. The van der Waals surface area contributed by atoms with Crippen LogP contribution in [0.2, 0.25) is 0 Å². The van der Waals surface area contributed by atoms with Gasteiger partial charge in [0.1, 0.15) is 11.4 Å². The number of fused-ring (bicyclic) bond motifs is 3. The maximum atomic E-state index is 13.0. The van der Waals surface area contributed by atoms with Gasteiger partial charge in [0, 0.05) is 43.9 Å². The van der Waals surface area contributed by atoms with Gasteiger partial charge >= 0.3 is 0 Å². The molecule has 1 saturated heterocycles. The van der Waals surface area contributed by atoms with Crippen molar-refractivity contribution in [1.29, 1.82) is 0 Å².